The lowest BCUT2D eigenvalue weighted by molar-refractivity contribution is 0.350. The molecule has 0 saturated heterocycles. The number of nitrogens with zero attached hydrogens (tertiary/aromatic N) is 2. The molecule has 0 unspecified atom stereocenters. The molecule has 2 rings (SSSR count). The van der Waals surface area contributed by atoms with Gasteiger partial charge >= 0.3 is 0 Å². The van der Waals surface area contributed by atoms with Gasteiger partial charge in [0.15, 0.2) is 0 Å². The number of aliphatic hydroxyl groups is 1. The minimum absolute atomic E-state index is 0.110. The van der Waals surface area contributed by atoms with Crippen LogP contribution in [0.15, 0.2) is 30.0 Å². The maximum Gasteiger partial charge on any atom is 0.116 e. The third-order valence-corrected chi connectivity index (χ3v) is 2.61. The number of hydrogen-bond acceptors (Lipinski definition) is 4. The van der Waals surface area contributed by atoms with E-state index in [1.54, 1.807) is 6.20 Å². The van der Waals surface area contributed by atoms with E-state index in [1.807, 2.05) is 17.5 Å². The molecule has 0 aliphatic carbocycles. The lowest BCUT2D eigenvalue weighted by Gasteiger charge is -1.92. The molecule has 3 nitrogen and oxygen atoms in total. The van der Waals surface area contributed by atoms with Crippen molar-refractivity contribution in [2.24, 2.45) is 0 Å². The smallest absolute Gasteiger partial charge is 0.116 e. The van der Waals surface area contributed by atoms with Crippen LogP contribution in [0.3, 0.4) is 0 Å². The van der Waals surface area contributed by atoms with Gasteiger partial charge in [-0.05, 0) is 12.1 Å². The van der Waals surface area contributed by atoms with Gasteiger partial charge < -0.3 is 5.11 Å². The summed E-state index contributed by atoms with van der Waals surface area (Å²) in [6.45, 7) is -0.110. The SMILES string of the molecule is OCC#Cc1cc(-c2ccncn2)cs1. The number of thiophene rings is 1. The Balaban J connectivity index is 2.28. The van der Waals surface area contributed by atoms with Crippen LogP contribution in [0.5, 0.6) is 0 Å². The highest BCUT2D eigenvalue weighted by molar-refractivity contribution is 7.11. The molecule has 1 N–H and O–H groups in total. The maximum atomic E-state index is 8.56. The van der Waals surface area contributed by atoms with E-state index in [0.717, 1.165) is 16.1 Å². The Morgan fingerprint density at radius 3 is 3.13 bits per heavy atom. The zero-order valence-corrected chi connectivity index (χ0v) is 8.66. The molecule has 74 valence electrons. The van der Waals surface area contributed by atoms with Gasteiger partial charge in [-0.2, -0.15) is 0 Å². The Labute approximate surface area is 91.5 Å². The van der Waals surface area contributed by atoms with Crippen LogP contribution >= 0.6 is 11.3 Å². The Hall–Kier alpha value is -1.70. The van der Waals surface area contributed by atoms with Crippen molar-refractivity contribution in [3.05, 3.63) is 34.9 Å². The van der Waals surface area contributed by atoms with Gasteiger partial charge in [-0.3, -0.25) is 0 Å². The standard InChI is InChI=1S/C11H8N2OS/c14-5-1-2-10-6-9(7-15-10)11-3-4-12-8-13-11/h3-4,6-8,14H,5H2. The summed E-state index contributed by atoms with van der Waals surface area (Å²) < 4.78 is 0. The van der Waals surface area contributed by atoms with Crippen molar-refractivity contribution in [3.63, 3.8) is 0 Å². The fourth-order valence-electron chi connectivity index (χ4n) is 1.12. The highest BCUT2D eigenvalue weighted by Crippen LogP contribution is 2.22. The van der Waals surface area contributed by atoms with Gasteiger partial charge in [0.1, 0.15) is 12.9 Å². The largest absolute Gasteiger partial charge is 0.384 e. The molecular formula is C11H8N2OS. The Morgan fingerprint density at radius 2 is 2.40 bits per heavy atom. The van der Waals surface area contributed by atoms with E-state index >= 15 is 0 Å². The van der Waals surface area contributed by atoms with Crippen LogP contribution in [0, 0.1) is 11.8 Å². The van der Waals surface area contributed by atoms with Gasteiger partial charge in [-0.1, -0.05) is 11.8 Å². The first kappa shape index (κ1) is 9.84. The van der Waals surface area contributed by atoms with Crippen LogP contribution in [-0.2, 0) is 0 Å². The van der Waals surface area contributed by atoms with E-state index < -0.39 is 0 Å². The van der Waals surface area contributed by atoms with Crippen molar-refractivity contribution in [3.8, 4) is 23.1 Å². The maximum absolute atomic E-state index is 8.56. The van der Waals surface area contributed by atoms with Gasteiger partial charge in [0, 0.05) is 17.1 Å². The second-order valence-corrected chi connectivity index (χ2v) is 3.67. The lowest BCUT2D eigenvalue weighted by atomic mass is 10.2. The summed E-state index contributed by atoms with van der Waals surface area (Å²) in [5.74, 6) is 5.47. The minimum atomic E-state index is -0.110. The summed E-state index contributed by atoms with van der Waals surface area (Å²) in [6.07, 6.45) is 3.23. The van der Waals surface area contributed by atoms with Gasteiger partial charge in [0.25, 0.3) is 0 Å². The van der Waals surface area contributed by atoms with E-state index in [9.17, 15) is 0 Å². The molecule has 0 atom stereocenters. The summed E-state index contributed by atoms with van der Waals surface area (Å²) >= 11 is 1.54. The van der Waals surface area contributed by atoms with Crippen LogP contribution in [0.25, 0.3) is 11.3 Å². The monoisotopic (exact) mass is 216 g/mol. The fraction of sp³-hybridized carbons (Fsp3) is 0.0909. The molecule has 2 heterocycles. The van der Waals surface area contributed by atoms with Crippen molar-refractivity contribution in [1.82, 2.24) is 9.97 Å². The van der Waals surface area contributed by atoms with Gasteiger partial charge in [-0.15, -0.1) is 11.3 Å². The second-order valence-electron chi connectivity index (χ2n) is 2.75. The average molecular weight is 216 g/mol. The summed E-state index contributed by atoms with van der Waals surface area (Å²) in [6, 6.07) is 3.81. The summed E-state index contributed by atoms with van der Waals surface area (Å²) in [5, 5.41) is 10.6. The number of aromatic nitrogens is 2. The fourth-order valence-corrected chi connectivity index (χ4v) is 1.89. The number of hydrogen-bond donors (Lipinski definition) is 1. The van der Waals surface area contributed by atoms with E-state index in [4.69, 9.17) is 5.11 Å². The molecule has 0 amide bonds. The second kappa shape index (κ2) is 4.69. The predicted molar refractivity (Wildman–Crippen MR) is 59.3 cm³/mol. The molecule has 2 aromatic heterocycles. The summed E-state index contributed by atoms with van der Waals surface area (Å²) in [5.41, 5.74) is 1.92. The van der Waals surface area contributed by atoms with Gasteiger partial charge in [0.05, 0.1) is 10.6 Å². The van der Waals surface area contributed by atoms with Crippen molar-refractivity contribution in [1.29, 1.82) is 0 Å². The van der Waals surface area contributed by atoms with Crippen molar-refractivity contribution in [2.45, 2.75) is 0 Å². The van der Waals surface area contributed by atoms with Gasteiger partial charge in [0.2, 0.25) is 0 Å². The molecule has 0 aromatic carbocycles. The van der Waals surface area contributed by atoms with E-state index in [0.29, 0.717) is 0 Å². The third-order valence-electron chi connectivity index (χ3n) is 1.77. The van der Waals surface area contributed by atoms with E-state index in [2.05, 4.69) is 21.8 Å². The average Bonchev–Trinajstić information content (AvgIpc) is 2.76. The topological polar surface area (TPSA) is 46.0 Å². The lowest BCUT2D eigenvalue weighted by Crippen LogP contribution is -1.80. The first-order valence-electron chi connectivity index (χ1n) is 4.35. The highest BCUT2D eigenvalue weighted by atomic mass is 32.1. The van der Waals surface area contributed by atoms with Crippen LogP contribution in [0.2, 0.25) is 0 Å². The number of rotatable bonds is 1. The van der Waals surface area contributed by atoms with Crippen LogP contribution < -0.4 is 0 Å². The van der Waals surface area contributed by atoms with Crippen molar-refractivity contribution < 1.29 is 5.11 Å². The van der Waals surface area contributed by atoms with E-state index in [1.165, 1.54) is 17.7 Å². The quantitative estimate of drug-likeness (QED) is 0.736. The minimum Gasteiger partial charge on any atom is -0.384 e. The zero-order chi connectivity index (χ0) is 10.5. The van der Waals surface area contributed by atoms with E-state index in [-0.39, 0.29) is 6.61 Å². The van der Waals surface area contributed by atoms with Crippen LogP contribution in [0.1, 0.15) is 4.88 Å². The molecule has 4 heteroatoms. The molecule has 15 heavy (non-hydrogen) atoms. The van der Waals surface area contributed by atoms with Crippen molar-refractivity contribution >= 4 is 11.3 Å². The van der Waals surface area contributed by atoms with Crippen molar-refractivity contribution in [2.75, 3.05) is 6.61 Å². The molecule has 0 radical (unpaired) electrons. The molecule has 0 aliphatic heterocycles. The Kier molecular flexibility index (Phi) is 3.08. The molecule has 0 bridgehead atoms. The first-order valence-corrected chi connectivity index (χ1v) is 5.23. The molecular weight excluding hydrogens is 208 g/mol. The number of aliphatic hydroxyl groups excluding tert-OH is 1. The normalized spacial score (nSPS) is 9.40. The molecule has 0 spiro atoms. The molecule has 2 aromatic rings. The Morgan fingerprint density at radius 1 is 1.47 bits per heavy atom. The molecule has 0 fully saturated rings. The predicted octanol–water partition coefficient (Wildman–Crippen LogP) is 1.55. The summed E-state index contributed by atoms with van der Waals surface area (Å²) in [4.78, 5) is 8.93. The van der Waals surface area contributed by atoms with Gasteiger partial charge in [-0.25, -0.2) is 9.97 Å². The summed E-state index contributed by atoms with van der Waals surface area (Å²) in [7, 11) is 0. The molecule has 0 saturated carbocycles. The Bertz CT molecular complexity index is 496. The molecule has 0 aliphatic rings. The highest BCUT2D eigenvalue weighted by Gasteiger charge is 2.00. The zero-order valence-electron chi connectivity index (χ0n) is 7.84. The van der Waals surface area contributed by atoms with Crippen LogP contribution in [-0.4, -0.2) is 21.7 Å². The van der Waals surface area contributed by atoms with Crippen LogP contribution in [0.4, 0.5) is 0 Å². The first-order chi connectivity index (χ1) is 7.40. The third kappa shape index (κ3) is 2.40.